The van der Waals surface area contributed by atoms with Crippen molar-refractivity contribution in [1.82, 2.24) is 5.32 Å². The molecule has 20 heavy (non-hydrogen) atoms. The number of carbonyl (C=O) groups excluding carboxylic acids is 1. The van der Waals surface area contributed by atoms with Crippen LogP contribution in [0.1, 0.15) is 18.9 Å². The van der Waals surface area contributed by atoms with Gasteiger partial charge >= 0.3 is 0 Å². The molecular weight excluding hydrogens is 252 g/mol. The Bertz CT molecular complexity index is 503. The average molecular weight is 274 g/mol. The second-order valence-electron chi connectivity index (χ2n) is 5.76. The van der Waals surface area contributed by atoms with Gasteiger partial charge in [0, 0.05) is 17.8 Å². The Morgan fingerprint density at radius 2 is 2.15 bits per heavy atom. The van der Waals surface area contributed by atoms with E-state index in [9.17, 15) is 4.79 Å². The van der Waals surface area contributed by atoms with Gasteiger partial charge in [-0.2, -0.15) is 0 Å². The minimum Gasteiger partial charge on any atom is -0.379 e. The molecule has 3 unspecified atom stereocenters. The molecule has 2 aliphatic heterocycles. The molecule has 1 fully saturated rings. The van der Waals surface area contributed by atoms with Crippen LogP contribution in [-0.2, 0) is 16.0 Å². The van der Waals surface area contributed by atoms with Crippen molar-refractivity contribution in [2.75, 3.05) is 25.2 Å². The van der Waals surface area contributed by atoms with Crippen LogP contribution in [0.15, 0.2) is 24.3 Å². The predicted octanol–water partition coefficient (Wildman–Crippen LogP) is 1.59. The zero-order valence-electron chi connectivity index (χ0n) is 12.1. The monoisotopic (exact) mass is 274 g/mol. The minimum absolute atomic E-state index is 0.0754. The largest absolute Gasteiger partial charge is 0.379 e. The quantitative estimate of drug-likeness (QED) is 0.890. The van der Waals surface area contributed by atoms with Gasteiger partial charge in [0.2, 0.25) is 5.91 Å². The van der Waals surface area contributed by atoms with Gasteiger partial charge in [-0.05, 0) is 38.4 Å². The van der Waals surface area contributed by atoms with Crippen molar-refractivity contribution in [3.8, 4) is 0 Å². The summed E-state index contributed by atoms with van der Waals surface area (Å²) >= 11 is 0. The highest BCUT2D eigenvalue weighted by atomic mass is 16.5. The second kappa shape index (κ2) is 5.54. The molecule has 0 aromatic heterocycles. The number of hydrogen-bond donors (Lipinski definition) is 1. The molecule has 1 saturated heterocycles. The standard InChI is InChI=1S/C16H22N2O2/c1-11-7-8-12-5-3-4-6-15(12)18(11)16(19)13-9-20-10-14(13)17-2/h3-6,11,13-14,17H,7-10H2,1-2H3. The summed E-state index contributed by atoms with van der Waals surface area (Å²) in [6.07, 6.45) is 2.08. The van der Waals surface area contributed by atoms with E-state index in [1.54, 1.807) is 0 Å². The third-order valence-corrected chi connectivity index (χ3v) is 4.53. The molecule has 2 heterocycles. The molecular formula is C16H22N2O2. The van der Waals surface area contributed by atoms with Crippen LogP contribution in [0.2, 0.25) is 0 Å². The van der Waals surface area contributed by atoms with Gasteiger partial charge in [-0.3, -0.25) is 4.79 Å². The zero-order valence-corrected chi connectivity index (χ0v) is 12.1. The van der Waals surface area contributed by atoms with Gasteiger partial charge in [0.15, 0.2) is 0 Å². The first-order valence-electron chi connectivity index (χ1n) is 7.38. The van der Waals surface area contributed by atoms with Crippen LogP contribution in [0.4, 0.5) is 5.69 Å². The van der Waals surface area contributed by atoms with Crippen LogP contribution in [0.3, 0.4) is 0 Å². The Labute approximate surface area is 120 Å². The van der Waals surface area contributed by atoms with E-state index in [4.69, 9.17) is 4.74 Å². The number of aryl methyl sites for hydroxylation is 1. The smallest absolute Gasteiger partial charge is 0.234 e. The third-order valence-electron chi connectivity index (χ3n) is 4.53. The van der Waals surface area contributed by atoms with Gasteiger partial charge in [0.25, 0.3) is 0 Å². The number of amides is 1. The summed E-state index contributed by atoms with van der Waals surface area (Å²) < 4.78 is 5.49. The van der Waals surface area contributed by atoms with Crippen LogP contribution in [0.25, 0.3) is 0 Å². The van der Waals surface area contributed by atoms with E-state index in [0.29, 0.717) is 13.2 Å². The summed E-state index contributed by atoms with van der Waals surface area (Å²) in [6, 6.07) is 8.64. The molecule has 3 rings (SSSR count). The SMILES string of the molecule is CNC1COCC1C(=O)N1c2ccccc2CCC1C. The highest BCUT2D eigenvalue weighted by Gasteiger charge is 2.39. The first-order chi connectivity index (χ1) is 9.72. The minimum atomic E-state index is -0.0754. The fourth-order valence-electron chi connectivity index (χ4n) is 3.28. The Morgan fingerprint density at radius 3 is 2.95 bits per heavy atom. The molecule has 0 bridgehead atoms. The number of rotatable bonds is 2. The van der Waals surface area contributed by atoms with Crippen molar-refractivity contribution in [3.63, 3.8) is 0 Å². The fourth-order valence-corrected chi connectivity index (χ4v) is 3.28. The molecule has 1 aromatic rings. The van der Waals surface area contributed by atoms with E-state index < -0.39 is 0 Å². The number of hydrogen-bond acceptors (Lipinski definition) is 3. The number of carbonyl (C=O) groups is 1. The number of benzene rings is 1. The van der Waals surface area contributed by atoms with Crippen molar-refractivity contribution in [2.45, 2.75) is 31.8 Å². The molecule has 1 aromatic carbocycles. The topological polar surface area (TPSA) is 41.6 Å². The Morgan fingerprint density at radius 1 is 1.35 bits per heavy atom. The number of fused-ring (bicyclic) bond motifs is 1. The lowest BCUT2D eigenvalue weighted by Gasteiger charge is -2.37. The van der Waals surface area contributed by atoms with Gasteiger partial charge in [-0.15, -0.1) is 0 Å². The summed E-state index contributed by atoms with van der Waals surface area (Å²) in [5, 5.41) is 3.20. The molecule has 2 aliphatic rings. The molecule has 3 atom stereocenters. The molecule has 4 heteroatoms. The van der Waals surface area contributed by atoms with Gasteiger partial charge in [0.05, 0.1) is 19.1 Å². The molecule has 1 N–H and O–H groups in total. The van der Waals surface area contributed by atoms with Crippen LogP contribution < -0.4 is 10.2 Å². The van der Waals surface area contributed by atoms with Crippen LogP contribution >= 0.6 is 0 Å². The Balaban J connectivity index is 1.90. The fraction of sp³-hybridized carbons (Fsp3) is 0.562. The van der Waals surface area contributed by atoms with Gasteiger partial charge in [-0.1, -0.05) is 18.2 Å². The maximum Gasteiger partial charge on any atom is 0.234 e. The number of nitrogens with one attached hydrogen (secondary N) is 1. The molecule has 0 spiro atoms. The molecule has 0 saturated carbocycles. The van der Waals surface area contributed by atoms with E-state index in [1.807, 2.05) is 24.1 Å². The number of nitrogens with zero attached hydrogens (tertiary/aromatic N) is 1. The van der Waals surface area contributed by atoms with Crippen molar-refractivity contribution >= 4 is 11.6 Å². The maximum absolute atomic E-state index is 12.9. The lowest BCUT2D eigenvalue weighted by atomic mass is 9.93. The summed E-state index contributed by atoms with van der Waals surface area (Å²) in [5.74, 6) is 0.120. The van der Waals surface area contributed by atoms with Crippen LogP contribution in [0.5, 0.6) is 0 Å². The number of ether oxygens (including phenoxy) is 1. The van der Waals surface area contributed by atoms with Crippen molar-refractivity contribution < 1.29 is 9.53 Å². The second-order valence-corrected chi connectivity index (χ2v) is 5.76. The van der Waals surface area contributed by atoms with Crippen molar-refractivity contribution in [2.24, 2.45) is 5.92 Å². The molecule has 0 radical (unpaired) electrons. The van der Waals surface area contributed by atoms with E-state index >= 15 is 0 Å². The summed E-state index contributed by atoms with van der Waals surface area (Å²) in [4.78, 5) is 14.9. The lowest BCUT2D eigenvalue weighted by Crippen LogP contribution is -2.49. The molecule has 0 aliphatic carbocycles. The summed E-state index contributed by atoms with van der Waals surface area (Å²) in [7, 11) is 1.90. The molecule has 1 amide bonds. The zero-order chi connectivity index (χ0) is 14.1. The first kappa shape index (κ1) is 13.6. The highest BCUT2D eigenvalue weighted by Crippen LogP contribution is 2.32. The Hall–Kier alpha value is -1.39. The maximum atomic E-state index is 12.9. The van der Waals surface area contributed by atoms with Crippen molar-refractivity contribution in [1.29, 1.82) is 0 Å². The van der Waals surface area contributed by atoms with E-state index in [0.717, 1.165) is 18.5 Å². The highest BCUT2D eigenvalue weighted by molar-refractivity contribution is 5.97. The van der Waals surface area contributed by atoms with Gasteiger partial charge < -0.3 is 15.0 Å². The van der Waals surface area contributed by atoms with Crippen molar-refractivity contribution in [3.05, 3.63) is 29.8 Å². The summed E-state index contributed by atoms with van der Waals surface area (Å²) in [6.45, 7) is 3.28. The van der Waals surface area contributed by atoms with Gasteiger partial charge in [0.1, 0.15) is 0 Å². The van der Waals surface area contributed by atoms with E-state index in [-0.39, 0.29) is 23.9 Å². The predicted molar refractivity (Wildman–Crippen MR) is 78.9 cm³/mol. The third kappa shape index (κ3) is 2.23. The Kier molecular flexibility index (Phi) is 3.76. The molecule has 108 valence electrons. The first-order valence-corrected chi connectivity index (χ1v) is 7.38. The van der Waals surface area contributed by atoms with E-state index in [2.05, 4.69) is 24.4 Å². The summed E-state index contributed by atoms with van der Waals surface area (Å²) in [5.41, 5.74) is 2.36. The normalized spacial score (nSPS) is 29.3. The number of anilines is 1. The van der Waals surface area contributed by atoms with Crippen LogP contribution in [0, 0.1) is 5.92 Å². The number of para-hydroxylation sites is 1. The van der Waals surface area contributed by atoms with E-state index in [1.165, 1.54) is 5.56 Å². The molecule has 4 nitrogen and oxygen atoms in total. The van der Waals surface area contributed by atoms with Gasteiger partial charge in [-0.25, -0.2) is 0 Å². The lowest BCUT2D eigenvalue weighted by molar-refractivity contribution is -0.123. The number of likely N-dealkylation sites (N-methyl/N-ethyl adjacent to an activating group) is 1. The average Bonchev–Trinajstić information content (AvgIpc) is 2.95. The van der Waals surface area contributed by atoms with Crippen LogP contribution in [-0.4, -0.2) is 38.3 Å².